The van der Waals surface area contributed by atoms with Crippen LogP contribution in [0, 0.1) is 11.3 Å². The van der Waals surface area contributed by atoms with Crippen LogP contribution in [0.25, 0.3) is 0 Å². The maximum Gasteiger partial charge on any atom is 0.225 e. The Morgan fingerprint density at radius 3 is 2.33 bits per heavy atom. The van der Waals surface area contributed by atoms with Crippen molar-refractivity contribution in [3.63, 3.8) is 0 Å². The molecule has 1 fully saturated rings. The molecule has 0 radical (unpaired) electrons. The zero-order chi connectivity index (χ0) is 11.6. The van der Waals surface area contributed by atoms with Crippen molar-refractivity contribution in [3.8, 4) is 0 Å². The minimum atomic E-state index is -0.262. The summed E-state index contributed by atoms with van der Waals surface area (Å²) in [6.45, 7) is 13.4. The summed E-state index contributed by atoms with van der Waals surface area (Å²) in [4.78, 5) is 14.0. The third kappa shape index (κ3) is 3.49. The van der Waals surface area contributed by atoms with Gasteiger partial charge in [0, 0.05) is 37.0 Å². The molecule has 1 aliphatic heterocycles. The van der Waals surface area contributed by atoms with E-state index in [4.69, 9.17) is 0 Å². The average Bonchev–Trinajstić information content (AvgIpc) is 1.98. The van der Waals surface area contributed by atoms with Crippen LogP contribution in [0.2, 0.25) is 0 Å². The molecule has 1 N–H and O–H groups in total. The fraction of sp³-hybridized carbons (Fsp3) is 0.917. The van der Waals surface area contributed by atoms with Crippen LogP contribution in [-0.2, 0) is 4.79 Å². The van der Waals surface area contributed by atoms with Gasteiger partial charge in [0.1, 0.15) is 0 Å². The molecule has 0 aromatic rings. The lowest BCUT2D eigenvalue weighted by atomic mass is 9.94. The molecule has 3 heteroatoms. The topological polar surface area (TPSA) is 32.3 Å². The second-order valence-corrected chi connectivity index (χ2v) is 5.87. The van der Waals surface area contributed by atoms with Crippen LogP contribution in [0.4, 0.5) is 0 Å². The Labute approximate surface area is 93.2 Å². The highest BCUT2D eigenvalue weighted by Crippen LogP contribution is 2.18. The predicted octanol–water partition coefficient (Wildman–Crippen LogP) is 1.49. The normalized spacial score (nSPS) is 19.1. The molecule has 0 unspecified atom stereocenters. The summed E-state index contributed by atoms with van der Waals surface area (Å²) in [7, 11) is 0. The van der Waals surface area contributed by atoms with Gasteiger partial charge in [-0.15, -0.1) is 0 Å². The molecule has 0 bridgehead atoms. The Bertz CT molecular complexity index is 224. The maximum absolute atomic E-state index is 11.6. The van der Waals surface area contributed by atoms with Gasteiger partial charge in [0.15, 0.2) is 0 Å². The molecule has 0 aliphatic carbocycles. The van der Waals surface area contributed by atoms with Gasteiger partial charge in [-0.1, -0.05) is 20.8 Å². The van der Waals surface area contributed by atoms with Gasteiger partial charge in [-0.05, 0) is 13.8 Å². The Kier molecular flexibility index (Phi) is 3.77. The monoisotopic (exact) mass is 212 g/mol. The van der Waals surface area contributed by atoms with Crippen LogP contribution in [0.1, 0.15) is 34.6 Å². The molecule has 1 heterocycles. The van der Waals surface area contributed by atoms with Crippen molar-refractivity contribution in [3.05, 3.63) is 0 Å². The average molecular weight is 212 g/mol. The second kappa shape index (κ2) is 4.52. The molecule has 0 spiro atoms. The molecule has 0 saturated carbocycles. The summed E-state index contributed by atoms with van der Waals surface area (Å²) in [5.41, 5.74) is -0.262. The van der Waals surface area contributed by atoms with E-state index in [2.05, 4.69) is 24.1 Å². The van der Waals surface area contributed by atoms with E-state index in [-0.39, 0.29) is 11.3 Å². The van der Waals surface area contributed by atoms with Gasteiger partial charge in [0.2, 0.25) is 5.91 Å². The van der Waals surface area contributed by atoms with E-state index in [1.807, 2.05) is 20.8 Å². The van der Waals surface area contributed by atoms with Crippen molar-refractivity contribution in [1.29, 1.82) is 0 Å². The van der Waals surface area contributed by atoms with E-state index in [0.717, 1.165) is 19.6 Å². The fourth-order valence-corrected chi connectivity index (χ4v) is 1.66. The van der Waals surface area contributed by atoms with Gasteiger partial charge in [-0.3, -0.25) is 4.79 Å². The quantitative estimate of drug-likeness (QED) is 0.768. The molecule has 3 nitrogen and oxygen atoms in total. The number of nitrogens with one attached hydrogen (secondary N) is 1. The number of amides is 1. The molecule has 88 valence electrons. The summed E-state index contributed by atoms with van der Waals surface area (Å²) in [6, 6.07) is 0.638. The first-order valence-electron chi connectivity index (χ1n) is 5.83. The number of likely N-dealkylation sites (tertiary alicyclic amines) is 1. The van der Waals surface area contributed by atoms with Crippen LogP contribution in [0.3, 0.4) is 0 Å². The lowest BCUT2D eigenvalue weighted by molar-refractivity contribution is -0.129. The number of carbonyl (C=O) groups is 1. The first kappa shape index (κ1) is 12.5. The molecular formula is C12H24N2O. The van der Waals surface area contributed by atoms with Gasteiger partial charge in [-0.25, -0.2) is 0 Å². The number of hydrogen-bond acceptors (Lipinski definition) is 2. The highest BCUT2D eigenvalue weighted by molar-refractivity contribution is 5.81. The minimum Gasteiger partial charge on any atom is -0.355 e. The van der Waals surface area contributed by atoms with Crippen molar-refractivity contribution in [2.24, 2.45) is 11.3 Å². The summed E-state index contributed by atoms with van der Waals surface area (Å²) in [5, 5.41) is 3.02. The molecule has 0 aromatic heterocycles. The highest BCUT2D eigenvalue weighted by atomic mass is 16.2. The van der Waals surface area contributed by atoms with Crippen molar-refractivity contribution < 1.29 is 4.79 Å². The number of nitrogens with zero attached hydrogens (tertiary/aromatic N) is 1. The third-order valence-corrected chi connectivity index (χ3v) is 2.95. The van der Waals surface area contributed by atoms with Gasteiger partial charge in [0.05, 0.1) is 0 Å². The zero-order valence-corrected chi connectivity index (χ0v) is 10.6. The van der Waals surface area contributed by atoms with Gasteiger partial charge in [0.25, 0.3) is 0 Å². The lowest BCUT2D eigenvalue weighted by Gasteiger charge is -2.42. The zero-order valence-electron chi connectivity index (χ0n) is 10.6. The van der Waals surface area contributed by atoms with E-state index in [0.29, 0.717) is 12.0 Å². The molecule has 1 amide bonds. The molecule has 1 saturated heterocycles. The maximum atomic E-state index is 11.6. The van der Waals surface area contributed by atoms with E-state index in [1.54, 1.807) is 0 Å². The highest BCUT2D eigenvalue weighted by Gasteiger charge is 2.29. The van der Waals surface area contributed by atoms with Crippen LogP contribution in [0.5, 0.6) is 0 Å². The Balaban J connectivity index is 2.16. The van der Waals surface area contributed by atoms with Gasteiger partial charge >= 0.3 is 0 Å². The second-order valence-electron chi connectivity index (χ2n) is 5.87. The van der Waals surface area contributed by atoms with Crippen molar-refractivity contribution in [2.75, 3.05) is 19.6 Å². The van der Waals surface area contributed by atoms with E-state index >= 15 is 0 Å². The van der Waals surface area contributed by atoms with Crippen LogP contribution in [0.15, 0.2) is 0 Å². The van der Waals surface area contributed by atoms with Gasteiger partial charge < -0.3 is 10.2 Å². The number of hydrogen-bond donors (Lipinski definition) is 1. The molecule has 1 rings (SSSR count). The van der Waals surface area contributed by atoms with Crippen LogP contribution >= 0.6 is 0 Å². The third-order valence-electron chi connectivity index (χ3n) is 2.95. The molecule has 1 aliphatic rings. The first-order valence-corrected chi connectivity index (χ1v) is 5.83. The Morgan fingerprint density at radius 2 is 1.93 bits per heavy atom. The van der Waals surface area contributed by atoms with E-state index in [9.17, 15) is 4.79 Å². The molecule has 0 atom stereocenters. The lowest BCUT2D eigenvalue weighted by Crippen LogP contribution is -2.54. The smallest absolute Gasteiger partial charge is 0.225 e. The van der Waals surface area contributed by atoms with Crippen LogP contribution < -0.4 is 5.32 Å². The minimum absolute atomic E-state index is 0.158. The van der Waals surface area contributed by atoms with Crippen molar-refractivity contribution in [1.82, 2.24) is 10.2 Å². The van der Waals surface area contributed by atoms with E-state index < -0.39 is 0 Å². The fourth-order valence-electron chi connectivity index (χ4n) is 1.66. The Morgan fingerprint density at radius 1 is 1.40 bits per heavy atom. The Hall–Kier alpha value is -0.570. The number of carbonyl (C=O) groups excluding carboxylic acids is 1. The molecule has 0 aromatic carbocycles. The summed E-state index contributed by atoms with van der Waals surface area (Å²) >= 11 is 0. The summed E-state index contributed by atoms with van der Waals surface area (Å²) in [6.07, 6.45) is 0. The van der Waals surface area contributed by atoms with Crippen molar-refractivity contribution in [2.45, 2.75) is 40.7 Å². The van der Waals surface area contributed by atoms with Gasteiger partial charge in [-0.2, -0.15) is 0 Å². The standard InChI is InChI=1S/C12H24N2O/c1-9(2)14-7-10(8-14)6-13-11(15)12(3,4)5/h9-10H,6-8H2,1-5H3,(H,13,15). The molecular weight excluding hydrogens is 188 g/mol. The number of rotatable bonds is 3. The van der Waals surface area contributed by atoms with E-state index in [1.165, 1.54) is 0 Å². The predicted molar refractivity (Wildman–Crippen MR) is 62.7 cm³/mol. The SMILES string of the molecule is CC(C)N1CC(CNC(=O)C(C)(C)C)C1. The molecule has 15 heavy (non-hydrogen) atoms. The summed E-state index contributed by atoms with van der Waals surface area (Å²) < 4.78 is 0. The summed E-state index contributed by atoms with van der Waals surface area (Å²) in [5.74, 6) is 0.809. The van der Waals surface area contributed by atoms with Crippen molar-refractivity contribution >= 4 is 5.91 Å². The van der Waals surface area contributed by atoms with Crippen LogP contribution in [-0.4, -0.2) is 36.5 Å². The largest absolute Gasteiger partial charge is 0.355 e. The first-order chi connectivity index (χ1) is 6.80.